The predicted octanol–water partition coefficient (Wildman–Crippen LogP) is 1.89. The highest BCUT2D eigenvalue weighted by Crippen LogP contribution is 2.23. The molecule has 0 saturated carbocycles. The predicted molar refractivity (Wildman–Crippen MR) is 65.3 cm³/mol. The van der Waals surface area contributed by atoms with E-state index in [1.54, 1.807) is 6.20 Å². The van der Waals surface area contributed by atoms with Crippen molar-refractivity contribution in [3.05, 3.63) is 18.3 Å². The maximum absolute atomic E-state index is 5.65. The molecule has 2 rings (SSSR count). The van der Waals surface area contributed by atoms with Crippen LogP contribution in [0, 0.1) is 5.92 Å². The van der Waals surface area contributed by atoms with E-state index in [0.29, 0.717) is 17.8 Å². The van der Waals surface area contributed by atoms with Crippen molar-refractivity contribution in [2.45, 2.75) is 25.9 Å². The third-order valence-electron chi connectivity index (χ3n) is 3.10. The van der Waals surface area contributed by atoms with E-state index in [0.717, 1.165) is 31.7 Å². The van der Waals surface area contributed by atoms with Crippen molar-refractivity contribution >= 4 is 11.5 Å². The van der Waals surface area contributed by atoms with Crippen molar-refractivity contribution in [2.24, 2.45) is 5.92 Å². The van der Waals surface area contributed by atoms with Crippen LogP contribution in [0.5, 0.6) is 0 Å². The molecule has 88 valence electrons. The summed E-state index contributed by atoms with van der Waals surface area (Å²) < 4.78 is 5.65. The zero-order chi connectivity index (χ0) is 11.4. The molecule has 0 aromatic carbocycles. The third kappa shape index (κ3) is 2.64. The monoisotopic (exact) mass is 221 g/mol. The number of nitrogens with one attached hydrogen (secondary N) is 1. The number of rotatable bonds is 4. The minimum Gasteiger partial charge on any atom is -0.385 e. The van der Waals surface area contributed by atoms with Crippen LogP contribution in [-0.2, 0) is 4.74 Å². The van der Waals surface area contributed by atoms with Gasteiger partial charge >= 0.3 is 0 Å². The molecule has 1 aromatic heterocycles. The van der Waals surface area contributed by atoms with Gasteiger partial charge < -0.3 is 15.8 Å². The van der Waals surface area contributed by atoms with Gasteiger partial charge in [0.1, 0.15) is 5.82 Å². The first kappa shape index (κ1) is 11.2. The van der Waals surface area contributed by atoms with Crippen molar-refractivity contribution < 1.29 is 4.74 Å². The lowest BCUT2D eigenvalue weighted by molar-refractivity contribution is 0.0900. The zero-order valence-corrected chi connectivity index (χ0v) is 9.65. The Kier molecular flexibility index (Phi) is 3.62. The Morgan fingerprint density at radius 1 is 1.62 bits per heavy atom. The number of nitrogens with two attached hydrogens (primary N) is 1. The molecule has 1 fully saturated rings. The van der Waals surface area contributed by atoms with Gasteiger partial charge in [-0.25, -0.2) is 4.98 Å². The minimum absolute atomic E-state index is 0.409. The van der Waals surface area contributed by atoms with E-state index in [1.165, 1.54) is 0 Å². The van der Waals surface area contributed by atoms with Crippen LogP contribution in [0.1, 0.15) is 19.8 Å². The van der Waals surface area contributed by atoms with E-state index in [9.17, 15) is 0 Å². The standard InChI is InChI=1S/C12H19N3O/c1-2-11-9(4-6-16-11)8-15-10-3-5-14-12(13)7-10/h3,5,7,9,11H,2,4,6,8H2,1H3,(H3,13,14,15). The smallest absolute Gasteiger partial charge is 0.125 e. The summed E-state index contributed by atoms with van der Waals surface area (Å²) in [5, 5.41) is 3.39. The van der Waals surface area contributed by atoms with Gasteiger partial charge in [0.25, 0.3) is 0 Å². The lowest BCUT2D eigenvalue weighted by Gasteiger charge is -2.17. The molecule has 1 aliphatic rings. The maximum atomic E-state index is 5.65. The molecule has 2 heterocycles. The number of ether oxygens (including phenoxy) is 1. The molecule has 2 atom stereocenters. The Morgan fingerprint density at radius 2 is 2.50 bits per heavy atom. The molecule has 4 nitrogen and oxygen atoms in total. The van der Waals surface area contributed by atoms with Gasteiger partial charge in [0.15, 0.2) is 0 Å². The molecule has 0 amide bonds. The summed E-state index contributed by atoms with van der Waals surface area (Å²) >= 11 is 0. The molecule has 0 aliphatic carbocycles. The van der Waals surface area contributed by atoms with Crippen LogP contribution in [0.15, 0.2) is 18.3 Å². The van der Waals surface area contributed by atoms with Gasteiger partial charge in [-0.3, -0.25) is 0 Å². The fraction of sp³-hybridized carbons (Fsp3) is 0.583. The average Bonchev–Trinajstić information content (AvgIpc) is 2.74. The maximum Gasteiger partial charge on any atom is 0.125 e. The van der Waals surface area contributed by atoms with Crippen LogP contribution in [0.3, 0.4) is 0 Å². The molecule has 1 aromatic rings. The SMILES string of the molecule is CCC1OCCC1CNc1ccnc(N)c1. The number of pyridine rings is 1. The molecule has 1 aliphatic heterocycles. The van der Waals surface area contributed by atoms with E-state index in [4.69, 9.17) is 10.5 Å². The van der Waals surface area contributed by atoms with Crippen LogP contribution in [-0.4, -0.2) is 24.2 Å². The van der Waals surface area contributed by atoms with E-state index < -0.39 is 0 Å². The molecule has 0 bridgehead atoms. The molecule has 3 N–H and O–H groups in total. The minimum atomic E-state index is 0.409. The zero-order valence-electron chi connectivity index (χ0n) is 9.65. The second kappa shape index (κ2) is 5.16. The Labute approximate surface area is 96.2 Å². The fourth-order valence-corrected chi connectivity index (χ4v) is 2.18. The first-order valence-corrected chi connectivity index (χ1v) is 5.86. The summed E-state index contributed by atoms with van der Waals surface area (Å²) in [4.78, 5) is 3.96. The van der Waals surface area contributed by atoms with Crippen molar-refractivity contribution in [3.8, 4) is 0 Å². The summed E-state index contributed by atoms with van der Waals surface area (Å²) in [6, 6.07) is 3.80. The third-order valence-corrected chi connectivity index (χ3v) is 3.10. The van der Waals surface area contributed by atoms with Crippen LogP contribution in [0.25, 0.3) is 0 Å². The van der Waals surface area contributed by atoms with Crippen molar-refractivity contribution in [1.82, 2.24) is 4.98 Å². The summed E-state index contributed by atoms with van der Waals surface area (Å²) in [5.41, 5.74) is 6.66. The summed E-state index contributed by atoms with van der Waals surface area (Å²) in [6.07, 6.45) is 4.36. The second-order valence-corrected chi connectivity index (χ2v) is 4.22. The van der Waals surface area contributed by atoms with Crippen molar-refractivity contribution in [1.29, 1.82) is 0 Å². The van der Waals surface area contributed by atoms with Crippen LogP contribution in [0.2, 0.25) is 0 Å². The first-order chi connectivity index (χ1) is 7.79. The van der Waals surface area contributed by atoms with Gasteiger partial charge in [-0.15, -0.1) is 0 Å². The molecule has 4 heteroatoms. The Morgan fingerprint density at radius 3 is 3.25 bits per heavy atom. The van der Waals surface area contributed by atoms with E-state index in [-0.39, 0.29) is 0 Å². The van der Waals surface area contributed by atoms with Crippen molar-refractivity contribution in [2.75, 3.05) is 24.2 Å². The van der Waals surface area contributed by atoms with Crippen molar-refractivity contribution in [3.63, 3.8) is 0 Å². The number of nitrogens with zero attached hydrogens (tertiary/aromatic N) is 1. The number of hydrogen-bond acceptors (Lipinski definition) is 4. The highest BCUT2D eigenvalue weighted by molar-refractivity contribution is 5.49. The lowest BCUT2D eigenvalue weighted by Crippen LogP contribution is -2.22. The molecule has 0 radical (unpaired) electrons. The number of nitrogen functional groups attached to an aromatic ring is 1. The largest absolute Gasteiger partial charge is 0.385 e. The van der Waals surface area contributed by atoms with Gasteiger partial charge in [-0.2, -0.15) is 0 Å². The van der Waals surface area contributed by atoms with E-state index >= 15 is 0 Å². The quantitative estimate of drug-likeness (QED) is 0.815. The molecular formula is C12H19N3O. The first-order valence-electron chi connectivity index (χ1n) is 5.86. The summed E-state index contributed by atoms with van der Waals surface area (Å²) in [7, 11) is 0. The average molecular weight is 221 g/mol. The van der Waals surface area contributed by atoms with Crippen LogP contribution in [0.4, 0.5) is 11.5 Å². The lowest BCUT2D eigenvalue weighted by atomic mass is 10.00. The Bertz CT molecular complexity index is 343. The number of hydrogen-bond donors (Lipinski definition) is 2. The second-order valence-electron chi connectivity index (χ2n) is 4.22. The molecule has 2 unspecified atom stereocenters. The van der Waals surface area contributed by atoms with Crippen LogP contribution >= 0.6 is 0 Å². The van der Waals surface area contributed by atoms with Gasteiger partial charge in [0, 0.05) is 37.0 Å². The summed E-state index contributed by atoms with van der Waals surface area (Å²) in [6.45, 7) is 4.01. The number of anilines is 2. The molecule has 1 saturated heterocycles. The normalized spacial score (nSPS) is 24.6. The van der Waals surface area contributed by atoms with Crippen LogP contribution < -0.4 is 11.1 Å². The van der Waals surface area contributed by atoms with E-state index in [2.05, 4.69) is 17.2 Å². The van der Waals surface area contributed by atoms with Gasteiger partial charge in [0.05, 0.1) is 6.10 Å². The van der Waals surface area contributed by atoms with Gasteiger partial charge in [-0.1, -0.05) is 6.92 Å². The topological polar surface area (TPSA) is 60.2 Å². The number of aromatic nitrogens is 1. The highest BCUT2D eigenvalue weighted by Gasteiger charge is 2.26. The molecular weight excluding hydrogens is 202 g/mol. The Balaban J connectivity index is 1.87. The fourth-order valence-electron chi connectivity index (χ4n) is 2.18. The highest BCUT2D eigenvalue weighted by atomic mass is 16.5. The molecule has 0 spiro atoms. The Hall–Kier alpha value is -1.29. The summed E-state index contributed by atoms with van der Waals surface area (Å²) in [5.74, 6) is 1.17. The van der Waals surface area contributed by atoms with Gasteiger partial charge in [0.2, 0.25) is 0 Å². The van der Waals surface area contributed by atoms with Gasteiger partial charge in [-0.05, 0) is 18.9 Å². The van der Waals surface area contributed by atoms with E-state index in [1.807, 2.05) is 12.1 Å². The molecule has 16 heavy (non-hydrogen) atoms.